The second-order valence-electron chi connectivity index (χ2n) is 3.97. The van der Waals surface area contributed by atoms with Gasteiger partial charge in [0.15, 0.2) is 5.11 Å². The molecule has 0 amide bonds. The number of hydrazone groups is 1. The maximum atomic E-state index is 13.4. The SMILES string of the molecule is Fc1ccccc1/C=N\NC(=S)Nc1ccc(Cl)cc1Cl. The van der Waals surface area contributed by atoms with Crippen LogP contribution in [-0.4, -0.2) is 11.3 Å². The van der Waals surface area contributed by atoms with E-state index >= 15 is 0 Å². The van der Waals surface area contributed by atoms with Gasteiger partial charge in [-0.1, -0.05) is 41.4 Å². The van der Waals surface area contributed by atoms with Crippen LogP contribution in [0.2, 0.25) is 10.0 Å². The molecule has 2 aromatic rings. The lowest BCUT2D eigenvalue weighted by Gasteiger charge is -2.08. The summed E-state index contributed by atoms with van der Waals surface area (Å²) in [6.45, 7) is 0. The molecule has 0 saturated carbocycles. The van der Waals surface area contributed by atoms with Gasteiger partial charge in [-0.05, 0) is 36.5 Å². The van der Waals surface area contributed by atoms with Crippen LogP contribution in [-0.2, 0) is 0 Å². The first-order valence-corrected chi connectivity index (χ1v) is 7.02. The second kappa shape index (κ2) is 7.36. The molecular weight excluding hydrogens is 332 g/mol. The zero-order valence-electron chi connectivity index (χ0n) is 10.6. The summed E-state index contributed by atoms with van der Waals surface area (Å²) in [4.78, 5) is 0. The van der Waals surface area contributed by atoms with Gasteiger partial charge in [-0.15, -0.1) is 0 Å². The highest BCUT2D eigenvalue weighted by Crippen LogP contribution is 2.25. The van der Waals surface area contributed by atoms with Gasteiger partial charge in [0.2, 0.25) is 0 Å². The number of rotatable bonds is 3. The summed E-state index contributed by atoms with van der Waals surface area (Å²) < 4.78 is 13.4. The smallest absolute Gasteiger partial charge is 0.191 e. The van der Waals surface area contributed by atoms with Crippen molar-refractivity contribution >= 4 is 52.4 Å². The fourth-order valence-electron chi connectivity index (χ4n) is 1.48. The minimum Gasteiger partial charge on any atom is -0.330 e. The van der Waals surface area contributed by atoms with E-state index in [9.17, 15) is 4.39 Å². The molecule has 2 aromatic carbocycles. The second-order valence-corrected chi connectivity index (χ2v) is 5.22. The molecule has 2 rings (SSSR count). The summed E-state index contributed by atoms with van der Waals surface area (Å²) in [7, 11) is 0. The van der Waals surface area contributed by atoms with E-state index in [1.54, 1.807) is 36.4 Å². The van der Waals surface area contributed by atoms with E-state index in [2.05, 4.69) is 15.8 Å². The number of hydrogen-bond acceptors (Lipinski definition) is 2. The highest BCUT2D eigenvalue weighted by molar-refractivity contribution is 7.80. The van der Waals surface area contributed by atoms with Crippen LogP contribution in [0.1, 0.15) is 5.56 Å². The molecule has 0 bridgehead atoms. The third-order valence-electron chi connectivity index (χ3n) is 2.45. The Morgan fingerprint density at radius 1 is 1.19 bits per heavy atom. The molecule has 0 aromatic heterocycles. The first-order valence-electron chi connectivity index (χ1n) is 5.86. The Kier molecular flexibility index (Phi) is 5.50. The molecule has 0 aliphatic heterocycles. The standard InChI is InChI=1S/C14H10Cl2FN3S/c15-10-5-6-13(11(16)7-10)19-14(21)20-18-8-9-3-1-2-4-12(9)17/h1-8H,(H2,19,20,21)/b18-8-. The monoisotopic (exact) mass is 341 g/mol. The molecule has 0 heterocycles. The maximum Gasteiger partial charge on any atom is 0.191 e. The lowest BCUT2D eigenvalue weighted by Crippen LogP contribution is -2.24. The van der Waals surface area contributed by atoms with Gasteiger partial charge in [0.05, 0.1) is 16.9 Å². The maximum absolute atomic E-state index is 13.4. The van der Waals surface area contributed by atoms with E-state index < -0.39 is 0 Å². The quantitative estimate of drug-likeness (QED) is 0.491. The molecule has 0 aliphatic rings. The Morgan fingerprint density at radius 3 is 2.67 bits per heavy atom. The number of thiocarbonyl (C=S) groups is 1. The molecular formula is C14H10Cl2FN3S. The summed E-state index contributed by atoms with van der Waals surface area (Å²) in [5, 5.41) is 7.91. The van der Waals surface area contributed by atoms with Crippen LogP contribution < -0.4 is 10.7 Å². The van der Waals surface area contributed by atoms with Crippen LogP contribution in [0.15, 0.2) is 47.6 Å². The van der Waals surface area contributed by atoms with Gasteiger partial charge in [0.1, 0.15) is 5.82 Å². The average Bonchev–Trinajstić information content (AvgIpc) is 2.44. The fraction of sp³-hybridized carbons (Fsp3) is 0. The largest absolute Gasteiger partial charge is 0.330 e. The van der Waals surface area contributed by atoms with Crippen molar-refractivity contribution in [3.8, 4) is 0 Å². The Morgan fingerprint density at radius 2 is 1.95 bits per heavy atom. The Hall–Kier alpha value is -1.69. The van der Waals surface area contributed by atoms with Crippen molar-refractivity contribution in [3.05, 3.63) is 63.9 Å². The third kappa shape index (κ3) is 4.67. The van der Waals surface area contributed by atoms with Crippen LogP contribution in [0.4, 0.5) is 10.1 Å². The van der Waals surface area contributed by atoms with E-state index in [0.717, 1.165) is 0 Å². The molecule has 3 nitrogen and oxygen atoms in total. The zero-order valence-corrected chi connectivity index (χ0v) is 12.9. The number of nitrogens with zero attached hydrogens (tertiary/aromatic N) is 1. The number of nitrogens with one attached hydrogen (secondary N) is 2. The van der Waals surface area contributed by atoms with Crippen molar-refractivity contribution in [3.63, 3.8) is 0 Å². The highest BCUT2D eigenvalue weighted by atomic mass is 35.5. The molecule has 0 atom stereocenters. The fourth-order valence-corrected chi connectivity index (χ4v) is 2.10. The van der Waals surface area contributed by atoms with E-state index in [1.807, 2.05) is 0 Å². The van der Waals surface area contributed by atoms with Crippen LogP contribution in [0, 0.1) is 5.82 Å². The number of benzene rings is 2. The number of hydrogen-bond donors (Lipinski definition) is 2. The van der Waals surface area contributed by atoms with Crippen LogP contribution in [0.3, 0.4) is 0 Å². The predicted octanol–water partition coefficient (Wildman–Crippen LogP) is 4.45. The van der Waals surface area contributed by atoms with Crippen LogP contribution >= 0.6 is 35.4 Å². The van der Waals surface area contributed by atoms with E-state index in [-0.39, 0.29) is 10.9 Å². The highest BCUT2D eigenvalue weighted by Gasteiger charge is 2.03. The minimum absolute atomic E-state index is 0.229. The molecule has 0 fully saturated rings. The van der Waals surface area contributed by atoms with E-state index in [1.165, 1.54) is 12.3 Å². The molecule has 0 radical (unpaired) electrons. The van der Waals surface area contributed by atoms with Gasteiger partial charge in [-0.25, -0.2) is 4.39 Å². The molecule has 2 N–H and O–H groups in total. The Balaban J connectivity index is 1.95. The summed E-state index contributed by atoms with van der Waals surface area (Å²) in [6.07, 6.45) is 1.34. The summed E-state index contributed by atoms with van der Waals surface area (Å²) in [5.74, 6) is -0.359. The van der Waals surface area contributed by atoms with Gasteiger partial charge in [-0.2, -0.15) is 5.10 Å². The lowest BCUT2D eigenvalue weighted by molar-refractivity contribution is 0.626. The zero-order chi connectivity index (χ0) is 15.2. The van der Waals surface area contributed by atoms with E-state index in [4.69, 9.17) is 35.4 Å². The molecule has 0 unspecified atom stereocenters. The Bertz CT molecular complexity index is 692. The third-order valence-corrected chi connectivity index (χ3v) is 3.20. The number of anilines is 1. The van der Waals surface area contributed by atoms with Crippen molar-refractivity contribution in [2.75, 3.05) is 5.32 Å². The molecule has 21 heavy (non-hydrogen) atoms. The van der Waals surface area contributed by atoms with Crippen molar-refractivity contribution in [2.24, 2.45) is 5.10 Å². The Labute approximate surface area is 136 Å². The van der Waals surface area contributed by atoms with Gasteiger partial charge in [0, 0.05) is 10.6 Å². The molecule has 7 heteroatoms. The van der Waals surface area contributed by atoms with Gasteiger partial charge >= 0.3 is 0 Å². The van der Waals surface area contributed by atoms with E-state index in [0.29, 0.717) is 21.3 Å². The summed E-state index contributed by atoms with van der Waals surface area (Å²) >= 11 is 16.9. The number of halogens is 3. The average molecular weight is 342 g/mol. The topological polar surface area (TPSA) is 36.4 Å². The molecule has 0 spiro atoms. The van der Waals surface area contributed by atoms with Crippen molar-refractivity contribution < 1.29 is 4.39 Å². The van der Waals surface area contributed by atoms with Gasteiger partial charge < -0.3 is 5.32 Å². The van der Waals surface area contributed by atoms with Crippen molar-refractivity contribution in [2.45, 2.75) is 0 Å². The molecule has 0 saturated heterocycles. The minimum atomic E-state index is -0.359. The van der Waals surface area contributed by atoms with Crippen molar-refractivity contribution in [1.29, 1.82) is 0 Å². The van der Waals surface area contributed by atoms with Crippen LogP contribution in [0.5, 0.6) is 0 Å². The molecule has 0 aliphatic carbocycles. The van der Waals surface area contributed by atoms with Crippen LogP contribution in [0.25, 0.3) is 0 Å². The lowest BCUT2D eigenvalue weighted by atomic mass is 10.2. The first kappa shape index (κ1) is 15.7. The van der Waals surface area contributed by atoms with Gasteiger partial charge in [0.25, 0.3) is 0 Å². The van der Waals surface area contributed by atoms with Crippen molar-refractivity contribution in [1.82, 2.24) is 5.43 Å². The summed E-state index contributed by atoms with van der Waals surface area (Å²) in [5.41, 5.74) is 3.54. The normalized spacial score (nSPS) is 10.6. The van der Waals surface area contributed by atoms with Gasteiger partial charge in [-0.3, -0.25) is 5.43 Å². The first-order chi connectivity index (χ1) is 10.1. The predicted molar refractivity (Wildman–Crippen MR) is 89.8 cm³/mol. The summed E-state index contributed by atoms with van der Waals surface area (Å²) in [6, 6.07) is 11.2. The molecule has 108 valence electrons.